The fraction of sp³-hybridized carbons (Fsp3) is 0. The molecule has 3 aromatic heterocycles. The molecule has 3 heteroatoms. The van der Waals surface area contributed by atoms with E-state index in [-0.39, 0.29) is 0 Å². The first-order valence-corrected chi connectivity index (χ1v) is 17.5. The molecule has 0 spiro atoms. The minimum absolute atomic E-state index is 1.13. The van der Waals surface area contributed by atoms with Gasteiger partial charge in [-0.3, -0.25) is 0 Å². The van der Waals surface area contributed by atoms with Crippen molar-refractivity contribution in [3.05, 3.63) is 200 Å². The van der Waals surface area contributed by atoms with Gasteiger partial charge in [-0.05, 0) is 71.3 Å². The number of hydrogen-bond acceptors (Lipinski definition) is 0. The molecule has 0 radical (unpaired) electrons. The zero-order chi connectivity index (χ0) is 33.7. The molecule has 0 saturated heterocycles. The molecule has 0 aliphatic rings. The van der Waals surface area contributed by atoms with Crippen LogP contribution in [0.25, 0.3) is 83.5 Å². The first kappa shape index (κ1) is 29.1. The Morgan fingerprint density at radius 3 is 0.686 bits per heavy atom. The van der Waals surface area contributed by atoms with Crippen LogP contribution in [0.2, 0.25) is 0 Å². The molecular formula is C48H33N3. The second-order valence-corrected chi connectivity index (χ2v) is 13.0. The van der Waals surface area contributed by atoms with Gasteiger partial charge in [0.15, 0.2) is 0 Å². The van der Waals surface area contributed by atoms with Gasteiger partial charge < -0.3 is 13.7 Å². The minimum Gasteiger partial charge on any atom is -0.309 e. The highest BCUT2D eigenvalue weighted by Crippen LogP contribution is 2.47. The summed E-state index contributed by atoms with van der Waals surface area (Å²) >= 11 is 0. The molecule has 0 unspecified atom stereocenters. The molecule has 0 amide bonds. The van der Waals surface area contributed by atoms with Gasteiger partial charge in [-0.2, -0.15) is 0 Å². The normalized spacial score (nSPS) is 11.5. The summed E-state index contributed by atoms with van der Waals surface area (Å²) in [4.78, 5) is 0. The molecule has 0 aliphatic carbocycles. The van der Waals surface area contributed by atoms with E-state index in [9.17, 15) is 0 Å². The van der Waals surface area contributed by atoms with Crippen molar-refractivity contribution in [1.29, 1.82) is 0 Å². The molecular weight excluding hydrogens is 619 g/mol. The van der Waals surface area contributed by atoms with Crippen molar-refractivity contribution in [2.24, 2.45) is 0 Å². The maximum absolute atomic E-state index is 2.47. The van der Waals surface area contributed by atoms with E-state index in [1.165, 1.54) is 49.4 Å². The van der Waals surface area contributed by atoms with Crippen LogP contribution in [0.4, 0.5) is 0 Å². The summed E-state index contributed by atoms with van der Waals surface area (Å²) in [7, 11) is 0. The third kappa shape index (κ3) is 4.67. The predicted octanol–water partition coefficient (Wildman–Crippen LogP) is 12.5. The van der Waals surface area contributed by atoms with Crippen LogP contribution >= 0.6 is 0 Å². The first-order valence-electron chi connectivity index (χ1n) is 17.5. The highest BCUT2D eigenvalue weighted by molar-refractivity contribution is 6.27. The topological polar surface area (TPSA) is 14.8 Å². The van der Waals surface area contributed by atoms with Crippen LogP contribution in [-0.4, -0.2) is 13.7 Å². The van der Waals surface area contributed by atoms with Crippen LogP contribution in [0.1, 0.15) is 0 Å². The Morgan fingerprint density at radius 1 is 0.235 bits per heavy atom. The highest BCUT2D eigenvalue weighted by Gasteiger charge is 2.27. The fourth-order valence-corrected chi connectivity index (χ4v) is 7.87. The highest BCUT2D eigenvalue weighted by atomic mass is 15.1. The molecule has 51 heavy (non-hydrogen) atoms. The Kier molecular flexibility index (Phi) is 6.81. The van der Waals surface area contributed by atoms with Crippen molar-refractivity contribution in [1.82, 2.24) is 13.7 Å². The molecule has 0 fully saturated rings. The van der Waals surface area contributed by atoms with E-state index >= 15 is 0 Å². The largest absolute Gasteiger partial charge is 0.309 e. The lowest BCUT2D eigenvalue weighted by Gasteiger charge is -2.15. The third-order valence-electron chi connectivity index (χ3n) is 10.0. The summed E-state index contributed by atoms with van der Waals surface area (Å²) in [5, 5.41) is 3.61. The maximum Gasteiger partial charge on any atom is 0.0650 e. The molecule has 0 N–H and O–H groups in total. The summed E-state index contributed by atoms with van der Waals surface area (Å²) < 4.78 is 7.42. The van der Waals surface area contributed by atoms with Crippen LogP contribution in [0, 0.1) is 0 Å². The zero-order valence-corrected chi connectivity index (χ0v) is 27.9. The van der Waals surface area contributed by atoms with Gasteiger partial charge in [0.1, 0.15) is 0 Å². The number of nitrogens with zero attached hydrogens (tertiary/aromatic N) is 3. The molecule has 0 atom stereocenters. The standard InChI is InChI=1S/C48H33N3/c1-7-19-34(20-8-1)43-31-40-46(49(43)37-25-13-4-14-26-37)41-32-44(35-21-9-2-10-22-35)51(39-29-17-6-18-30-39)48(41)42-33-45(36-23-11-3-12-24-36)50(47(40)42)38-27-15-5-16-28-38/h1-33H. The molecule has 0 aliphatic heterocycles. The Hall–Kier alpha value is -6.84. The SMILES string of the molecule is c1ccc(-c2cc3c(c4cc(-c5ccccc5)n(-c5ccccc5)c4c4cc(-c5ccccc5)n(-c5ccccc5)c34)n2-c2ccccc2)cc1. The van der Waals surface area contributed by atoms with Gasteiger partial charge in [-0.25, -0.2) is 0 Å². The van der Waals surface area contributed by atoms with Crippen LogP contribution in [0.3, 0.4) is 0 Å². The molecule has 240 valence electrons. The van der Waals surface area contributed by atoms with E-state index in [0.29, 0.717) is 0 Å². The van der Waals surface area contributed by atoms with Crippen molar-refractivity contribution in [3.63, 3.8) is 0 Å². The molecule has 3 nitrogen and oxygen atoms in total. The second-order valence-electron chi connectivity index (χ2n) is 13.0. The van der Waals surface area contributed by atoms with Crippen molar-refractivity contribution in [3.8, 4) is 50.8 Å². The average molecular weight is 652 g/mol. The van der Waals surface area contributed by atoms with Gasteiger partial charge in [-0.1, -0.05) is 146 Å². The number of benzene rings is 7. The van der Waals surface area contributed by atoms with E-state index in [1.54, 1.807) is 0 Å². The Balaban J connectivity index is 1.50. The van der Waals surface area contributed by atoms with Gasteiger partial charge in [0, 0.05) is 33.2 Å². The van der Waals surface area contributed by atoms with Crippen molar-refractivity contribution < 1.29 is 0 Å². The van der Waals surface area contributed by atoms with Crippen LogP contribution in [0.15, 0.2) is 200 Å². The van der Waals surface area contributed by atoms with E-state index in [1.807, 2.05) is 0 Å². The zero-order valence-electron chi connectivity index (χ0n) is 27.9. The smallest absolute Gasteiger partial charge is 0.0650 e. The fourth-order valence-electron chi connectivity index (χ4n) is 7.87. The van der Waals surface area contributed by atoms with Crippen molar-refractivity contribution in [2.45, 2.75) is 0 Å². The number of fused-ring (bicyclic) bond motifs is 6. The molecule has 10 aromatic rings. The third-order valence-corrected chi connectivity index (χ3v) is 10.0. The summed E-state index contributed by atoms with van der Waals surface area (Å²) in [6.45, 7) is 0. The Morgan fingerprint density at radius 2 is 0.451 bits per heavy atom. The second kappa shape index (κ2) is 11.9. The number of hydrogen-bond donors (Lipinski definition) is 0. The molecule has 10 rings (SSSR count). The van der Waals surface area contributed by atoms with Gasteiger partial charge in [0.05, 0.1) is 33.6 Å². The first-order chi connectivity index (χ1) is 25.3. The van der Waals surface area contributed by atoms with Crippen molar-refractivity contribution in [2.75, 3.05) is 0 Å². The Bertz CT molecular complexity index is 2450. The van der Waals surface area contributed by atoms with Gasteiger partial charge >= 0.3 is 0 Å². The summed E-state index contributed by atoms with van der Waals surface area (Å²) in [5.74, 6) is 0. The summed E-state index contributed by atoms with van der Waals surface area (Å²) in [6, 6.07) is 72.1. The molecule has 0 bridgehead atoms. The van der Waals surface area contributed by atoms with Gasteiger partial charge in [-0.15, -0.1) is 0 Å². The molecule has 7 aromatic carbocycles. The average Bonchev–Trinajstić information content (AvgIpc) is 3.92. The van der Waals surface area contributed by atoms with E-state index < -0.39 is 0 Å². The van der Waals surface area contributed by atoms with Crippen LogP contribution in [-0.2, 0) is 0 Å². The van der Waals surface area contributed by atoms with E-state index in [2.05, 4.69) is 214 Å². The summed E-state index contributed by atoms with van der Waals surface area (Å²) in [6.07, 6.45) is 0. The van der Waals surface area contributed by atoms with Crippen LogP contribution < -0.4 is 0 Å². The summed E-state index contributed by atoms with van der Waals surface area (Å²) in [5.41, 5.74) is 13.9. The number of para-hydroxylation sites is 3. The van der Waals surface area contributed by atoms with Crippen molar-refractivity contribution >= 4 is 32.7 Å². The lowest BCUT2D eigenvalue weighted by atomic mass is 10.1. The molecule has 0 saturated carbocycles. The van der Waals surface area contributed by atoms with Gasteiger partial charge in [0.25, 0.3) is 0 Å². The molecule has 3 heterocycles. The van der Waals surface area contributed by atoms with Gasteiger partial charge in [0.2, 0.25) is 0 Å². The van der Waals surface area contributed by atoms with E-state index in [4.69, 9.17) is 0 Å². The lowest BCUT2D eigenvalue weighted by molar-refractivity contribution is 1.13. The van der Waals surface area contributed by atoms with Crippen LogP contribution in [0.5, 0.6) is 0 Å². The quantitative estimate of drug-likeness (QED) is 0.170. The number of aromatic nitrogens is 3. The Labute approximate surface area is 296 Å². The lowest BCUT2D eigenvalue weighted by Crippen LogP contribution is -2.00. The number of rotatable bonds is 6. The monoisotopic (exact) mass is 651 g/mol. The van der Waals surface area contributed by atoms with E-state index in [0.717, 1.165) is 34.1 Å². The minimum atomic E-state index is 1.13. The predicted molar refractivity (Wildman–Crippen MR) is 213 cm³/mol. The maximum atomic E-state index is 2.47.